The number of hydrogen-bond acceptors (Lipinski definition) is 7. The van der Waals surface area contributed by atoms with Crippen LogP contribution in [-0.2, 0) is 0 Å². The van der Waals surface area contributed by atoms with Gasteiger partial charge in [0.25, 0.3) is 0 Å². The van der Waals surface area contributed by atoms with Crippen LogP contribution in [0, 0.1) is 0 Å². The molecule has 0 aromatic carbocycles. The standard InChI is InChI=1S/C13H8N6S2/c1-2-9(20-7-1)3-4-11-18-19-12(16-17-13(19)21-11)10-8-14-5-6-15-10/h1-8H/b4-3+. The third kappa shape index (κ3) is 2.34. The summed E-state index contributed by atoms with van der Waals surface area (Å²) in [6.07, 6.45) is 8.92. The summed E-state index contributed by atoms with van der Waals surface area (Å²) in [6, 6.07) is 4.08. The summed E-state index contributed by atoms with van der Waals surface area (Å²) in [5.74, 6) is 0.602. The Morgan fingerprint density at radius 3 is 2.95 bits per heavy atom. The summed E-state index contributed by atoms with van der Waals surface area (Å²) in [7, 11) is 0. The molecular formula is C13H8N6S2. The van der Waals surface area contributed by atoms with Gasteiger partial charge in [-0.25, -0.2) is 4.98 Å². The summed E-state index contributed by atoms with van der Waals surface area (Å²) in [5.41, 5.74) is 0.657. The molecule has 21 heavy (non-hydrogen) atoms. The number of aromatic nitrogens is 6. The Bertz CT molecular complexity index is 891. The second-order valence-corrected chi connectivity index (χ2v) is 6.06. The molecule has 0 radical (unpaired) electrons. The Balaban J connectivity index is 1.73. The third-order valence-corrected chi connectivity index (χ3v) is 4.43. The molecule has 4 aromatic rings. The van der Waals surface area contributed by atoms with Gasteiger partial charge < -0.3 is 0 Å². The van der Waals surface area contributed by atoms with Crippen LogP contribution in [-0.4, -0.2) is 29.8 Å². The van der Waals surface area contributed by atoms with Gasteiger partial charge in [-0.1, -0.05) is 17.4 Å². The highest BCUT2D eigenvalue weighted by molar-refractivity contribution is 7.17. The lowest BCUT2D eigenvalue weighted by Crippen LogP contribution is -1.93. The first-order valence-electron chi connectivity index (χ1n) is 6.10. The lowest BCUT2D eigenvalue weighted by atomic mass is 10.4. The number of hydrogen-bond donors (Lipinski definition) is 0. The van der Waals surface area contributed by atoms with Crippen molar-refractivity contribution in [3.63, 3.8) is 0 Å². The summed E-state index contributed by atoms with van der Waals surface area (Å²) in [6.45, 7) is 0. The Hall–Kier alpha value is -2.45. The van der Waals surface area contributed by atoms with Crippen LogP contribution in [0.2, 0.25) is 0 Å². The Morgan fingerprint density at radius 2 is 2.14 bits per heavy atom. The van der Waals surface area contributed by atoms with Crippen LogP contribution in [0.4, 0.5) is 0 Å². The van der Waals surface area contributed by atoms with Crippen molar-refractivity contribution in [3.8, 4) is 11.5 Å². The van der Waals surface area contributed by atoms with Gasteiger partial charge in [0.1, 0.15) is 10.7 Å². The maximum absolute atomic E-state index is 4.51. The average molecular weight is 312 g/mol. The molecule has 0 atom stereocenters. The van der Waals surface area contributed by atoms with Crippen molar-refractivity contribution in [2.45, 2.75) is 0 Å². The number of fused-ring (bicyclic) bond motifs is 1. The van der Waals surface area contributed by atoms with E-state index < -0.39 is 0 Å². The maximum atomic E-state index is 4.51. The van der Waals surface area contributed by atoms with Crippen molar-refractivity contribution in [2.24, 2.45) is 0 Å². The van der Waals surface area contributed by atoms with Crippen LogP contribution >= 0.6 is 22.7 Å². The molecular weight excluding hydrogens is 304 g/mol. The van der Waals surface area contributed by atoms with E-state index in [0.29, 0.717) is 11.5 Å². The third-order valence-electron chi connectivity index (χ3n) is 2.73. The molecule has 102 valence electrons. The van der Waals surface area contributed by atoms with Crippen molar-refractivity contribution in [3.05, 3.63) is 46.0 Å². The summed E-state index contributed by atoms with van der Waals surface area (Å²) in [5, 5.41) is 15.7. The molecule has 0 saturated carbocycles. The molecule has 0 fully saturated rings. The van der Waals surface area contributed by atoms with Gasteiger partial charge in [0.15, 0.2) is 0 Å². The molecule has 4 aromatic heterocycles. The summed E-state index contributed by atoms with van der Waals surface area (Å²) >= 11 is 3.17. The largest absolute Gasteiger partial charge is 0.261 e. The van der Waals surface area contributed by atoms with Gasteiger partial charge in [-0.05, 0) is 23.6 Å². The van der Waals surface area contributed by atoms with Crippen LogP contribution in [0.3, 0.4) is 0 Å². The highest BCUT2D eigenvalue weighted by Gasteiger charge is 2.13. The number of thiophene rings is 1. The first-order valence-corrected chi connectivity index (χ1v) is 7.80. The molecule has 0 aliphatic rings. The van der Waals surface area contributed by atoms with E-state index in [2.05, 4.69) is 31.3 Å². The minimum atomic E-state index is 0.602. The van der Waals surface area contributed by atoms with Crippen LogP contribution in [0.15, 0.2) is 36.1 Å². The molecule has 8 heteroatoms. The highest BCUT2D eigenvalue weighted by atomic mass is 32.1. The fourth-order valence-corrected chi connectivity index (χ4v) is 3.17. The molecule has 0 spiro atoms. The van der Waals surface area contributed by atoms with E-state index in [0.717, 1.165) is 9.97 Å². The Labute approximate surface area is 127 Å². The summed E-state index contributed by atoms with van der Waals surface area (Å²) in [4.78, 5) is 10.2. The highest BCUT2D eigenvalue weighted by Crippen LogP contribution is 2.21. The van der Waals surface area contributed by atoms with E-state index in [1.54, 1.807) is 34.4 Å². The molecule has 0 saturated heterocycles. The Morgan fingerprint density at radius 1 is 1.14 bits per heavy atom. The summed E-state index contributed by atoms with van der Waals surface area (Å²) < 4.78 is 1.70. The molecule has 0 amide bonds. The van der Waals surface area contributed by atoms with Gasteiger partial charge in [-0.3, -0.25) is 4.98 Å². The van der Waals surface area contributed by atoms with Gasteiger partial charge in [-0.15, -0.1) is 21.5 Å². The van der Waals surface area contributed by atoms with Gasteiger partial charge >= 0.3 is 0 Å². The maximum Gasteiger partial charge on any atom is 0.235 e. The van der Waals surface area contributed by atoms with E-state index in [9.17, 15) is 0 Å². The molecule has 0 N–H and O–H groups in total. The van der Waals surface area contributed by atoms with Gasteiger partial charge in [-0.2, -0.15) is 9.61 Å². The van der Waals surface area contributed by atoms with Crippen molar-refractivity contribution in [1.29, 1.82) is 0 Å². The lowest BCUT2D eigenvalue weighted by molar-refractivity contribution is 0.948. The first-order chi connectivity index (χ1) is 10.4. The second kappa shape index (κ2) is 5.15. The topological polar surface area (TPSA) is 68.9 Å². The van der Waals surface area contributed by atoms with Crippen LogP contribution in [0.5, 0.6) is 0 Å². The SMILES string of the molecule is C(=C\c1nn2c(-c3cnccn3)nnc2s1)/c1cccs1. The molecule has 0 aliphatic heterocycles. The van der Waals surface area contributed by atoms with Crippen molar-refractivity contribution < 1.29 is 0 Å². The minimum Gasteiger partial charge on any atom is -0.261 e. The van der Waals surface area contributed by atoms with E-state index in [1.165, 1.54) is 16.2 Å². The zero-order valence-electron chi connectivity index (χ0n) is 10.6. The fraction of sp³-hybridized carbons (Fsp3) is 0. The van der Waals surface area contributed by atoms with Crippen molar-refractivity contribution >= 4 is 39.8 Å². The van der Waals surface area contributed by atoms with Gasteiger partial charge in [0.2, 0.25) is 10.8 Å². The molecule has 0 bridgehead atoms. The molecule has 0 aliphatic carbocycles. The van der Waals surface area contributed by atoms with E-state index in [-0.39, 0.29) is 0 Å². The molecule has 4 heterocycles. The first kappa shape index (κ1) is 12.3. The quantitative estimate of drug-likeness (QED) is 0.582. The number of nitrogens with zero attached hydrogens (tertiary/aromatic N) is 6. The molecule has 6 nitrogen and oxygen atoms in total. The monoisotopic (exact) mass is 312 g/mol. The zero-order chi connectivity index (χ0) is 14.1. The van der Waals surface area contributed by atoms with Crippen molar-refractivity contribution in [1.82, 2.24) is 29.8 Å². The zero-order valence-corrected chi connectivity index (χ0v) is 12.3. The van der Waals surface area contributed by atoms with E-state index >= 15 is 0 Å². The second-order valence-electron chi connectivity index (χ2n) is 4.10. The smallest absolute Gasteiger partial charge is 0.235 e. The van der Waals surface area contributed by atoms with Crippen LogP contribution < -0.4 is 0 Å². The van der Waals surface area contributed by atoms with Gasteiger partial charge in [0, 0.05) is 17.3 Å². The van der Waals surface area contributed by atoms with Crippen LogP contribution in [0.1, 0.15) is 9.88 Å². The number of rotatable bonds is 3. The predicted molar refractivity (Wildman–Crippen MR) is 82.9 cm³/mol. The predicted octanol–water partition coefficient (Wildman–Crippen LogP) is 2.87. The van der Waals surface area contributed by atoms with E-state index in [4.69, 9.17) is 0 Å². The minimum absolute atomic E-state index is 0.602. The fourth-order valence-electron chi connectivity index (χ4n) is 1.81. The average Bonchev–Trinajstić information content (AvgIpc) is 3.22. The van der Waals surface area contributed by atoms with Crippen molar-refractivity contribution in [2.75, 3.05) is 0 Å². The molecule has 0 unspecified atom stereocenters. The van der Waals surface area contributed by atoms with Crippen LogP contribution in [0.25, 0.3) is 28.6 Å². The normalized spacial score (nSPS) is 11.6. The molecule has 4 rings (SSSR count). The van der Waals surface area contributed by atoms with Gasteiger partial charge in [0.05, 0.1) is 6.20 Å². The lowest BCUT2D eigenvalue weighted by Gasteiger charge is -1.93. The van der Waals surface area contributed by atoms with E-state index in [1.807, 2.05) is 23.6 Å². The Kier molecular flexibility index (Phi) is 3.02.